The van der Waals surface area contributed by atoms with Gasteiger partial charge in [0.05, 0.1) is 19.6 Å². The number of hydrazine groups is 1. The van der Waals surface area contributed by atoms with Crippen molar-refractivity contribution in [3.63, 3.8) is 0 Å². The summed E-state index contributed by atoms with van der Waals surface area (Å²) in [6, 6.07) is 28.6. The lowest BCUT2D eigenvalue weighted by Crippen LogP contribution is -2.76. The standard InChI is InChI=1S/C34H37N5O3/c1-2-21-37-26-32(40)38-30(23-28-17-8-4-9-18-28)33(41)36(22-13-12-16-27-14-6-3-7-15-27)25-31(38)39(37)34(42)35-24-29-19-10-5-11-20-29/h1,3-11,14-15,17-20,30-31H,12-13,16,21-26H2,(H,35,42)/t30-,31-/m0/s1. The van der Waals surface area contributed by atoms with Crippen LogP contribution in [0.5, 0.6) is 0 Å². The zero-order valence-electron chi connectivity index (χ0n) is 23.8. The van der Waals surface area contributed by atoms with E-state index in [2.05, 4.69) is 23.4 Å². The van der Waals surface area contributed by atoms with Gasteiger partial charge in [0.25, 0.3) is 0 Å². The fraction of sp³-hybridized carbons (Fsp3) is 0.324. The summed E-state index contributed by atoms with van der Waals surface area (Å²) in [5.41, 5.74) is 3.18. The average molecular weight is 564 g/mol. The number of rotatable bonds is 10. The van der Waals surface area contributed by atoms with Crippen molar-refractivity contribution in [3.05, 3.63) is 108 Å². The Hall–Kier alpha value is -4.61. The first-order valence-corrected chi connectivity index (χ1v) is 14.5. The van der Waals surface area contributed by atoms with E-state index in [9.17, 15) is 14.4 Å². The van der Waals surface area contributed by atoms with Crippen molar-refractivity contribution in [2.24, 2.45) is 0 Å². The van der Waals surface area contributed by atoms with Gasteiger partial charge in [0, 0.05) is 19.5 Å². The van der Waals surface area contributed by atoms with Crippen LogP contribution in [-0.2, 0) is 29.0 Å². The second-order valence-corrected chi connectivity index (χ2v) is 10.7. The third-order valence-electron chi connectivity index (χ3n) is 7.86. The lowest BCUT2D eigenvalue weighted by molar-refractivity contribution is -0.188. The molecule has 2 heterocycles. The normalized spacial score (nSPS) is 18.9. The highest BCUT2D eigenvalue weighted by molar-refractivity contribution is 5.91. The third-order valence-corrected chi connectivity index (χ3v) is 7.86. The van der Waals surface area contributed by atoms with Crippen LogP contribution in [0.15, 0.2) is 91.0 Å². The Kier molecular flexibility index (Phi) is 9.52. The zero-order chi connectivity index (χ0) is 29.3. The van der Waals surface area contributed by atoms with Crippen LogP contribution in [-0.4, -0.2) is 76.0 Å². The van der Waals surface area contributed by atoms with Crippen LogP contribution in [0, 0.1) is 12.3 Å². The number of fused-ring (bicyclic) bond motifs is 1. The van der Waals surface area contributed by atoms with Crippen molar-refractivity contribution in [2.75, 3.05) is 26.2 Å². The third kappa shape index (κ3) is 6.81. The lowest BCUT2D eigenvalue weighted by Gasteiger charge is -2.55. The maximum absolute atomic E-state index is 14.0. The summed E-state index contributed by atoms with van der Waals surface area (Å²) in [7, 11) is 0. The number of terminal acetylenes is 1. The van der Waals surface area contributed by atoms with Crippen molar-refractivity contribution in [2.45, 2.75) is 44.4 Å². The minimum absolute atomic E-state index is 0.0743. The Balaban J connectivity index is 1.39. The summed E-state index contributed by atoms with van der Waals surface area (Å²) in [6.45, 7) is 1.12. The summed E-state index contributed by atoms with van der Waals surface area (Å²) >= 11 is 0. The smallest absolute Gasteiger partial charge is 0.334 e. The first-order valence-electron chi connectivity index (χ1n) is 14.5. The van der Waals surface area contributed by atoms with Crippen molar-refractivity contribution in [1.29, 1.82) is 0 Å². The molecule has 2 fully saturated rings. The number of benzene rings is 3. The van der Waals surface area contributed by atoms with Crippen LogP contribution >= 0.6 is 0 Å². The van der Waals surface area contributed by atoms with Gasteiger partial charge < -0.3 is 15.1 Å². The Morgan fingerprint density at radius 1 is 0.857 bits per heavy atom. The summed E-state index contributed by atoms with van der Waals surface area (Å²) in [5.74, 6) is 2.30. The van der Waals surface area contributed by atoms with Gasteiger partial charge >= 0.3 is 6.03 Å². The molecule has 0 spiro atoms. The van der Waals surface area contributed by atoms with Gasteiger partial charge in [-0.2, -0.15) is 5.01 Å². The van der Waals surface area contributed by atoms with Crippen LogP contribution in [0.25, 0.3) is 0 Å². The molecule has 3 aromatic rings. The predicted molar refractivity (Wildman–Crippen MR) is 161 cm³/mol. The highest BCUT2D eigenvalue weighted by Gasteiger charge is 2.51. The quantitative estimate of drug-likeness (QED) is 0.302. The molecule has 1 N–H and O–H groups in total. The van der Waals surface area contributed by atoms with Gasteiger partial charge in [-0.1, -0.05) is 96.9 Å². The number of hydrogen-bond donors (Lipinski definition) is 1. The average Bonchev–Trinajstić information content (AvgIpc) is 3.01. The summed E-state index contributed by atoms with van der Waals surface area (Å²) in [5, 5.41) is 6.18. The molecule has 0 radical (unpaired) electrons. The molecule has 216 valence electrons. The van der Waals surface area contributed by atoms with Gasteiger partial charge in [-0.25, -0.2) is 9.80 Å². The number of nitrogens with one attached hydrogen (secondary N) is 1. The molecule has 2 aliphatic heterocycles. The Labute approximate surface area is 247 Å². The molecule has 8 heteroatoms. The maximum atomic E-state index is 14.0. The Bertz CT molecular complexity index is 1390. The van der Waals surface area contributed by atoms with Crippen LogP contribution < -0.4 is 5.32 Å². The molecule has 0 aromatic heterocycles. The monoisotopic (exact) mass is 563 g/mol. The number of aryl methyl sites for hydroxylation is 1. The SMILES string of the molecule is C#CCN1CC(=O)N2[C@@H](Cc3ccccc3)C(=O)N(CCCCc3ccccc3)C[C@@H]2N1C(=O)NCc1ccccc1. The van der Waals surface area contributed by atoms with Crippen LogP contribution in [0.2, 0.25) is 0 Å². The highest BCUT2D eigenvalue weighted by atomic mass is 16.2. The summed E-state index contributed by atoms with van der Waals surface area (Å²) in [6.07, 6.45) is 8.03. The second-order valence-electron chi connectivity index (χ2n) is 10.7. The van der Waals surface area contributed by atoms with Crippen molar-refractivity contribution >= 4 is 17.8 Å². The molecule has 5 rings (SSSR count). The number of piperazine rings is 1. The topological polar surface area (TPSA) is 76.2 Å². The fourth-order valence-corrected chi connectivity index (χ4v) is 5.81. The van der Waals surface area contributed by atoms with Gasteiger partial charge in [0.15, 0.2) is 0 Å². The summed E-state index contributed by atoms with van der Waals surface area (Å²) < 4.78 is 0. The Morgan fingerprint density at radius 3 is 2.12 bits per heavy atom. The first-order chi connectivity index (χ1) is 20.5. The number of carbonyl (C=O) groups excluding carboxylic acids is 3. The molecule has 42 heavy (non-hydrogen) atoms. The number of urea groups is 1. The van der Waals surface area contributed by atoms with E-state index < -0.39 is 12.2 Å². The van der Waals surface area contributed by atoms with Gasteiger partial charge in [-0.05, 0) is 36.0 Å². The number of amides is 4. The molecule has 0 aliphatic carbocycles. The minimum Gasteiger partial charge on any atom is -0.337 e. The molecule has 8 nitrogen and oxygen atoms in total. The van der Waals surface area contributed by atoms with Gasteiger partial charge in [0.2, 0.25) is 11.8 Å². The van der Waals surface area contributed by atoms with E-state index in [-0.39, 0.29) is 37.5 Å². The molecule has 0 unspecified atom stereocenters. The maximum Gasteiger partial charge on any atom is 0.334 e. The van der Waals surface area contributed by atoms with E-state index >= 15 is 0 Å². The number of hydrogen-bond acceptors (Lipinski definition) is 4. The number of unbranched alkanes of at least 4 members (excludes halogenated alkanes) is 1. The highest BCUT2D eigenvalue weighted by Crippen LogP contribution is 2.28. The molecule has 2 aliphatic rings. The first kappa shape index (κ1) is 28.9. The van der Waals surface area contributed by atoms with E-state index in [0.717, 1.165) is 30.4 Å². The van der Waals surface area contributed by atoms with Gasteiger partial charge in [-0.15, -0.1) is 6.42 Å². The molecule has 2 saturated heterocycles. The van der Waals surface area contributed by atoms with Crippen molar-refractivity contribution < 1.29 is 14.4 Å². The van der Waals surface area contributed by atoms with E-state index in [1.807, 2.05) is 83.8 Å². The molecule has 4 amide bonds. The minimum atomic E-state index is -0.717. The fourth-order valence-electron chi connectivity index (χ4n) is 5.81. The van der Waals surface area contributed by atoms with E-state index in [4.69, 9.17) is 6.42 Å². The summed E-state index contributed by atoms with van der Waals surface area (Å²) in [4.78, 5) is 44.8. The number of nitrogens with zero attached hydrogens (tertiary/aromatic N) is 4. The molecule has 0 bridgehead atoms. The Morgan fingerprint density at radius 2 is 1.48 bits per heavy atom. The largest absolute Gasteiger partial charge is 0.337 e. The second kappa shape index (κ2) is 13.8. The van der Waals surface area contributed by atoms with Gasteiger partial charge in [0.1, 0.15) is 12.2 Å². The van der Waals surface area contributed by atoms with Crippen molar-refractivity contribution in [3.8, 4) is 12.3 Å². The van der Waals surface area contributed by atoms with Crippen LogP contribution in [0.3, 0.4) is 0 Å². The molecule has 3 aromatic carbocycles. The molecular formula is C34H37N5O3. The number of carbonyl (C=O) groups is 3. The van der Waals surface area contributed by atoms with E-state index in [1.165, 1.54) is 5.56 Å². The molecule has 0 saturated carbocycles. The molecular weight excluding hydrogens is 526 g/mol. The predicted octanol–water partition coefficient (Wildman–Crippen LogP) is 3.69. The zero-order valence-corrected chi connectivity index (χ0v) is 23.8. The van der Waals surface area contributed by atoms with Gasteiger partial charge in [-0.3, -0.25) is 9.59 Å². The molecule has 2 atom stereocenters. The van der Waals surface area contributed by atoms with Crippen LogP contribution in [0.1, 0.15) is 29.5 Å². The van der Waals surface area contributed by atoms with Crippen molar-refractivity contribution in [1.82, 2.24) is 25.1 Å². The van der Waals surface area contributed by atoms with E-state index in [0.29, 0.717) is 19.5 Å². The lowest BCUT2D eigenvalue weighted by atomic mass is 9.98. The van der Waals surface area contributed by atoms with Crippen LogP contribution in [0.4, 0.5) is 4.79 Å². The van der Waals surface area contributed by atoms with E-state index in [1.54, 1.807) is 14.9 Å².